The van der Waals surface area contributed by atoms with Crippen molar-refractivity contribution in [2.75, 3.05) is 13.2 Å². The highest BCUT2D eigenvalue weighted by atomic mass is 16.3. The summed E-state index contributed by atoms with van der Waals surface area (Å²) in [5.41, 5.74) is 2.04. The lowest BCUT2D eigenvalue weighted by atomic mass is 10.0. The molecule has 3 nitrogen and oxygen atoms in total. The number of aliphatic hydroxyl groups is 1. The van der Waals surface area contributed by atoms with Crippen LogP contribution in [0.5, 0.6) is 0 Å². The van der Waals surface area contributed by atoms with Crippen molar-refractivity contribution in [3.8, 4) is 0 Å². The van der Waals surface area contributed by atoms with Crippen LogP contribution >= 0.6 is 0 Å². The Bertz CT molecular complexity index is 435. The van der Waals surface area contributed by atoms with Gasteiger partial charge in [-0.1, -0.05) is 38.3 Å². The van der Waals surface area contributed by atoms with Gasteiger partial charge in [-0.2, -0.15) is 0 Å². The predicted octanol–water partition coefficient (Wildman–Crippen LogP) is 3.41. The van der Waals surface area contributed by atoms with Crippen LogP contribution in [-0.2, 0) is 6.42 Å². The molecule has 0 heterocycles. The first-order valence-corrected chi connectivity index (χ1v) is 8.27. The highest BCUT2D eigenvalue weighted by molar-refractivity contribution is 5.94. The molecule has 0 unspecified atom stereocenters. The van der Waals surface area contributed by atoms with E-state index in [-0.39, 0.29) is 12.5 Å². The second kappa shape index (κ2) is 8.18. The Morgan fingerprint density at radius 2 is 1.90 bits per heavy atom. The van der Waals surface area contributed by atoms with E-state index in [1.807, 2.05) is 17.0 Å². The fourth-order valence-electron chi connectivity index (χ4n) is 3.13. The van der Waals surface area contributed by atoms with E-state index >= 15 is 0 Å². The molecule has 1 saturated carbocycles. The minimum atomic E-state index is 0.0385. The van der Waals surface area contributed by atoms with Crippen molar-refractivity contribution in [2.45, 2.75) is 57.9 Å². The van der Waals surface area contributed by atoms with Crippen molar-refractivity contribution < 1.29 is 9.90 Å². The third-order valence-electron chi connectivity index (χ3n) is 4.39. The molecule has 1 aromatic rings. The molecule has 1 fully saturated rings. The average molecular weight is 289 g/mol. The van der Waals surface area contributed by atoms with Gasteiger partial charge in [0.25, 0.3) is 5.91 Å². The van der Waals surface area contributed by atoms with Crippen LogP contribution in [0.2, 0.25) is 0 Å². The van der Waals surface area contributed by atoms with E-state index in [1.165, 1.54) is 31.2 Å². The molecule has 1 N–H and O–H groups in total. The third kappa shape index (κ3) is 4.31. The zero-order valence-electron chi connectivity index (χ0n) is 13.1. The SMILES string of the molecule is CCCCc1ccc(C(=O)N(CCO)C2CCCC2)cc1. The summed E-state index contributed by atoms with van der Waals surface area (Å²) in [6, 6.07) is 8.31. The molecule has 0 atom stereocenters. The van der Waals surface area contributed by atoms with Crippen molar-refractivity contribution in [1.29, 1.82) is 0 Å². The number of unbranched alkanes of at least 4 members (excludes halogenated alkanes) is 1. The lowest BCUT2D eigenvalue weighted by Crippen LogP contribution is -2.40. The fourth-order valence-corrected chi connectivity index (χ4v) is 3.13. The standard InChI is InChI=1S/C18H27NO2/c1-2-3-6-15-9-11-16(12-10-15)18(21)19(13-14-20)17-7-4-5-8-17/h9-12,17,20H,2-8,13-14H2,1H3. The van der Waals surface area contributed by atoms with Gasteiger partial charge in [-0.3, -0.25) is 4.79 Å². The van der Waals surface area contributed by atoms with Crippen LogP contribution in [0.25, 0.3) is 0 Å². The van der Waals surface area contributed by atoms with Crippen molar-refractivity contribution in [2.24, 2.45) is 0 Å². The van der Waals surface area contributed by atoms with Crippen LogP contribution in [0.15, 0.2) is 24.3 Å². The minimum absolute atomic E-state index is 0.0385. The second-order valence-electron chi connectivity index (χ2n) is 5.96. The Kier molecular flexibility index (Phi) is 6.24. The average Bonchev–Trinajstić information content (AvgIpc) is 3.04. The first-order chi connectivity index (χ1) is 10.3. The molecule has 0 saturated heterocycles. The van der Waals surface area contributed by atoms with Crippen LogP contribution in [-0.4, -0.2) is 35.1 Å². The van der Waals surface area contributed by atoms with Gasteiger partial charge in [0.2, 0.25) is 0 Å². The maximum atomic E-state index is 12.7. The predicted molar refractivity (Wildman–Crippen MR) is 85.4 cm³/mol. The molecular weight excluding hydrogens is 262 g/mol. The minimum Gasteiger partial charge on any atom is -0.395 e. The Morgan fingerprint density at radius 1 is 1.24 bits per heavy atom. The zero-order valence-corrected chi connectivity index (χ0v) is 13.1. The van der Waals surface area contributed by atoms with Gasteiger partial charge in [-0.25, -0.2) is 0 Å². The van der Waals surface area contributed by atoms with E-state index in [0.29, 0.717) is 12.6 Å². The number of nitrogens with zero attached hydrogens (tertiary/aromatic N) is 1. The monoisotopic (exact) mass is 289 g/mol. The maximum Gasteiger partial charge on any atom is 0.254 e. The van der Waals surface area contributed by atoms with Gasteiger partial charge in [0, 0.05) is 18.2 Å². The molecule has 2 rings (SSSR count). The molecule has 1 aromatic carbocycles. The second-order valence-corrected chi connectivity index (χ2v) is 5.96. The Morgan fingerprint density at radius 3 is 2.48 bits per heavy atom. The number of benzene rings is 1. The van der Waals surface area contributed by atoms with E-state index in [2.05, 4.69) is 19.1 Å². The Balaban J connectivity index is 2.05. The van der Waals surface area contributed by atoms with Crippen molar-refractivity contribution in [3.63, 3.8) is 0 Å². The van der Waals surface area contributed by atoms with Gasteiger partial charge in [0.15, 0.2) is 0 Å². The molecule has 1 amide bonds. The van der Waals surface area contributed by atoms with Crippen LogP contribution in [0, 0.1) is 0 Å². The first-order valence-electron chi connectivity index (χ1n) is 8.27. The summed E-state index contributed by atoms with van der Waals surface area (Å²) in [6.45, 7) is 2.67. The molecule has 1 aliphatic rings. The van der Waals surface area contributed by atoms with Gasteiger partial charge in [0.05, 0.1) is 6.61 Å². The number of hydrogen-bond donors (Lipinski definition) is 1. The normalized spacial score (nSPS) is 15.3. The summed E-state index contributed by atoms with van der Waals surface area (Å²) in [7, 11) is 0. The molecule has 1 aliphatic carbocycles. The van der Waals surface area contributed by atoms with E-state index in [0.717, 1.165) is 24.8 Å². The Labute approximate surface area is 128 Å². The summed E-state index contributed by atoms with van der Waals surface area (Å²) < 4.78 is 0. The summed E-state index contributed by atoms with van der Waals surface area (Å²) in [5.74, 6) is 0.0676. The van der Waals surface area contributed by atoms with Crippen molar-refractivity contribution in [3.05, 3.63) is 35.4 Å². The lowest BCUT2D eigenvalue weighted by molar-refractivity contribution is 0.0638. The van der Waals surface area contributed by atoms with Crippen LogP contribution < -0.4 is 0 Å². The van der Waals surface area contributed by atoms with Crippen molar-refractivity contribution >= 4 is 5.91 Å². The number of carbonyl (C=O) groups is 1. The smallest absolute Gasteiger partial charge is 0.254 e. The van der Waals surface area contributed by atoms with E-state index in [1.54, 1.807) is 0 Å². The highest BCUT2D eigenvalue weighted by Crippen LogP contribution is 2.24. The third-order valence-corrected chi connectivity index (χ3v) is 4.39. The quantitative estimate of drug-likeness (QED) is 0.835. The number of aliphatic hydroxyl groups excluding tert-OH is 1. The molecule has 116 valence electrons. The van der Waals surface area contributed by atoms with E-state index in [9.17, 15) is 9.90 Å². The van der Waals surface area contributed by atoms with Crippen LogP contribution in [0.3, 0.4) is 0 Å². The molecule has 3 heteroatoms. The molecule has 0 spiro atoms. The van der Waals surface area contributed by atoms with Gasteiger partial charge in [-0.05, 0) is 43.4 Å². The molecular formula is C18H27NO2. The number of aryl methyl sites for hydroxylation is 1. The van der Waals surface area contributed by atoms with Gasteiger partial charge in [-0.15, -0.1) is 0 Å². The number of carbonyl (C=O) groups excluding carboxylic acids is 1. The van der Waals surface area contributed by atoms with Crippen LogP contribution in [0.1, 0.15) is 61.4 Å². The maximum absolute atomic E-state index is 12.7. The lowest BCUT2D eigenvalue weighted by Gasteiger charge is -2.28. The Hall–Kier alpha value is -1.35. The van der Waals surface area contributed by atoms with E-state index in [4.69, 9.17) is 0 Å². The highest BCUT2D eigenvalue weighted by Gasteiger charge is 2.26. The van der Waals surface area contributed by atoms with Gasteiger partial charge in [0.1, 0.15) is 0 Å². The summed E-state index contributed by atoms with van der Waals surface area (Å²) in [6.07, 6.45) is 7.97. The summed E-state index contributed by atoms with van der Waals surface area (Å²) in [4.78, 5) is 14.5. The summed E-state index contributed by atoms with van der Waals surface area (Å²) in [5, 5.41) is 9.24. The fraction of sp³-hybridized carbons (Fsp3) is 0.611. The molecule has 21 heavy (non-hydrogen) atoms. The molecule has 0 aromatic heterocycles. The number of hydrogen-bond acceptors (Lipinski definition) is 2. The summed E-state index contributed by atoms with van der Waals surface area (Å²) >= 11 is 0. The molecule has 0 aliphatic heterocycles. The van der Waals surface area contributed by atoms with Gasteiger partial charge >= 0.3 is 0 Å². The zero-order chi connectivity index (χ0) is 15.1. The van der Waals surface area contributed by atoms with Crippen molar-refractivity contribution in [1.82, 2.24) is 4.90 Å². The number of amides is 1. The van der Waals surface area contributed by atoms with Crippen LogP contribution in [0.4, 0.5) is 0 Å². The first kappa shape index (κ1) is 16.0. The van der Waals surface area contributed by atoms with Gasteiger partial charge < -0.3 is 10.0 Å². The number of rotatable bonds is 7. The largest absolute Gasteiger partial charge is 0.395 e. The molecule has 0 radical (unpaired) electrons. The van der Waals surface area contributed by atoms with E-state index < -0.39 is 0 Å². The topological polar surface area (TPSA) is 40.5 Å². The molecule has 0 bridgehead atoms.